The zero-order valence-electron chi connectivity index (χ0n) is 14.7. The van der Waals surface area contributed by atoms with Gasteiger partial charge in [-0.2, -0.15) is 0 Å². The Morgan fingerprint density at radius 3 is 2.37 bits per heavy atom. The third-order valence-corrected chi connectivity index (χ3v) is 5.56. The molecule has 0 aromatic heterocycles. The van der Waals surface area contributed by atoms with Crippen molar-refractivity contribution in [3.63, 3.8) is 0 Å². The molecule has 0 aliphatic carbocycles. The fourth-order valence-corrected chi connectivity index (χ4v) is 4.09. The lowest BCUT2D eigenvalue weighted by molar-refractivity contribution is -0.122. The standard InChI is InChI=1S/C20H17Cl3N2OS/c1-12(2)11-25-19(26)18(9-13-3-4-15(22)10-17(13)23)27-20(25)24-16-7-5-14(21)6-8-16/h3-10,12H,11H2,1-2H3/b18-9-,24-20?. The number of hydrogen-bond donors (Lipinski definition) is 0. The third kappa shape index (κ3) is 5.08. The fraction of sp³-hybridized carbons (Fsp3) is 0.200. The van der Waals surface area contributed by atoms with Gasteiger partial charge in [0.05, 0.1) is 10.6 Å². The molecular weight excluding hydrogens is 423 g/mol. The lowest BCUT2D eigenvalue weighted by Crippen LogP contribution is -2.32. The van der Waals surface area contributed by atoms with Crippen LogP contribution in [-0.2, 0) is 4.79 Å². The second-order valence-corrected chi connectivity index (χ2v) is 8.75. The normalized spacial score (nSPS) is 17.6. The molecule has 3 nitrogen and oxygen atoms in total. The van der Waals surface area contributed by atoms with Crippen molar-refractivity contribution in [2.45, 2.75) is 13.8 Å². The van der Waals surface area contributed by atoms with E-state index >= 15 is 0 Å². The molecule has 1 saturated heterocycles. The predicted molar refractivity (Wildman–Crippen MR) is 117 cm³/mol. The lowest BCUT2D eigenvalue weighted by atomic mass is 10.2. The van der Waals surface area contributed by atoms with Crippen molar-refractivity contribution in [3.8, 4) is 0 Å². The summed E-state index contributed by atoms with van der Waals surface area (Å²) < 4.78 is 0. The van der Waals surface area contributed by atoms with Gasteiger partial charge in [0.15, 0.2) is 5.17 Å². The van der Waals surface area contributed by atoms with Crippen molar-refractivity contribution in [1.29, 1.82) is 0 Å². The molecule has 2 aromatic rings. The van der Waals surface area contributed by atoms with Crippen LogP contribution in [-0.4, -0.2) is 22.5 Å². The van der Waals surface area contributed by atoms with Crippen molar-refractivity contribution < 1.29 is 4.79 Å². The molecule has 0 radical (unpaired) electrons. The van der Waals surface area contributed by atoms with Crippen LogP contribution in [0.4, 0.5) is 5.69 Å². The van der Waals surface area contributed by atoms with Crippen LogP contribution in [0.2, 0.25) is 15.1 Å². The summed E-state index contributed by atoms with van der Waals surface area (Å²) in [6, 6.07) is 12.4. The summed E-state index contributed by atoms with van der Waals surface area (Å²) in [5.41, 5.74) is 1.49. The molecule has 1 aliphatic heterocycles. The van der Waals surface area contributed by atoms with E-state index in [0.717, 1.165) is 11.3 Å². The summed E-state index contributed by atoms with van der Waals surface area (Å²) in [5, 5.41) is 2.35. The van der Waals surface area contributed by atoms with Gasteiger partial charge in [-0.1, -0.05) is 54.7 Å². The molecule has 0 N–H and O–H groups in total. The van der Waals surface area contributed by atoms with Crippen LogP contribution in [0.25, 0.3) is 6.08 Å². The molecule has 0 saturated carbocycles. The maximum absolute atomic E-state index is 12.9. The van der Waals surface area contributed by atoms with Crippen LogP contribution in [0, 0.1) is 5.92 Å². The number of halogens is 3. The number of benzene rings is 2. The summed E-state index contributed by atoms with van der Waals surface area (Å²) in [4.78, 5) is 19.9. The Bertz CT molecular complexity index is 923. The highest BCUT2D eigenvalue weighted by atomic mass is 35.5. The molecule has 140 valence electrons. The van der Waals surface area contributed by atoms with E-state index in [1.165, 1.54) is 11.8 Å². The van der Waals surface area contributed by atoms with Crippen molar-refractivity contribution in [2.24, 2.45) is 10.9 Å². The molecule has 2 aromatic carbocycles. The molecule has 27 heavy (non-hydrogen) atoms. The van der Waals surface area contributed by atoms with E-state index < -0.39 is 0 Å². The smallest absolute Gasteiger partial charge is 0.266 e. The Morgan fingerprint density at radius 2 is 1.74 bits per heavy atom. The number of nitrogens with zero attached hydrogens (tertiary/aromatic N) is 2. The van der Waals surface area contributed by atoms with E-state index in [4.69, 9.17) is 34.8 Å². The maximum Gasteiger partial charge on any atom is 0.266 e. The Kier molecular flexibility index (Phi) is 6.53. The van der Waals surface area contributed by atoms with Gasteiger partial charge < -0.3 is 0 Å². The van der Waals surface area contributed by atoms with E-state index in [2.05, 4.69) is 18.8 Å². The minimum Gasteiger partial charge on any atom is -0.286 e. The monoisotopic (exact) mass is 438 g/mol. The van der Waals surface area contributed by atoms with Gasteiger partial charge in [-0.05, 0) is 65.7 Å². The molecule has 0 atom stereocenters. The summed E-state index contributed by atoms with van der Waals surface area (Å²) >= 11 is 19.5. The first-order chi connectivity index (χ1) is 12.8. The molecular formula is C20H17Cl3N2OS. The van der Waals surface area contributed by atoms with Gasteiger partial charge in [0, 0.05) is 21.6 Å². The van der Waals surface area contributed by atoms with Gasteiger partial charge in [-0.3, -0.25) is 9.69 Å². The SMILES string of the molecule is CC(C)CN1C(=O)/C(=C/c2ccc(Cl)cc2Cl)SC1=Nc1ccc(Cl)cc1. The first kappa shape index (κ1) is 20.3. The molecule has 1 heterocycles. The van der Waals surface area contributed by atoms with Crippen molar-refractivity contribution >= 4 is 69.4 Å². The number of hydrogen-bond acceptors (Lipinski definition) is 3. The van der Waals surface area contributed by atoms with Crippen molar-refractivity contribution in [2.75, 3.05) is 6.54 Å². The predicted octanol–water partition coefficient (Wildman–Crippen LogP) is 6.91. The van der Waals surface area contributed by atoms with E-state index in [1.807, 2.05) is 12.1 Å². The number of aliphatic imine (C=N–C) groups is 1. The largest absolute Gasteiger partial charge is 0.286 e. The lowest BCUT2D eigenvalue weighted by Gasteiger charge is -2.17. The summed E-state index contributed by atoms with van der Waals surface area (Å²) in [6.07, 6.45) is 1.78. The molecule has 0 bridgehead atoms. The minimum absolute atomic E-state index is 0.0765. The van der Waals surface area contributed by atoms with Gasteiger partial charge in [0.25, 0.3) is 5.91 Å². The number of carbonyl (C=O) groups is 1. The number of carbonyl (C=O) groups excluding carboxylic acids is 1. The Morgan fingerprint density at radius 1 is 1.07 bits per heavy atom. The molecule has 1 fully saturated rings. The van der Waals surface area contributed by atoms with Gasteiger partial charge in [-0.25, -0.2) is 4.99 Å². The Labute approximate surface area is 178 Å². The van der Waals surface area contributed by atoms with E-state index in [1.54, 1.807) is 41.3 Å². The zero-order chi connectivity index (χ0) is 19.6. The molecule has 0 spiro atoms. The number of rotatable bonds is 4. The third-order valence-electron chi connectivity index (χ3n) is 3.74. The number of thioether (sulfide) groups is 1. The first-order valence-corrected chi connectivity index (χ1v) is 10.3. The van der Waals surface area contributed by atoms with Crippen LogP contribution in [0.3, 0.4) is 0 Å². The molecule has 7 heteroatoms. The maximum atomic E-state index is 12.9. The van der Waals surface area contributed by atoms with Crippen LogP contribution in [0.1, 0.15) is 19.4 Å². The fourth-order valence-electron chi connectivity index (χ4n) is 2.50. The highest BCUT2D eigenvalue weighted by Gasteiger charge is 2.33. The van der Waals surface area contributed by atoms with Gasteiger partial charge in [0.2, 0.25) is 0 Å². The quantitative estimate of drug-likeness (QED) is 0.485. The van der Waals surface area contributed by atoms with Gasteiger partial charge in [-0.15, -0.1) is 0 Å². The molecule has 1 aliphatic rings. The van der Waals surface area contributed by atoms with Crippen LogP contribution >= 0.6 is 46.6 Å². The molecule has 0 unspecified atom stereocenters. The van der Waals surface area contributed by atoms with E-state index in [0.29, 0.717) is 37.6 Å². The number of amides is 1. The first-order valence-electron chi connectivity index (χ1n) is 8.34. The minimum atomic E-state index is -0.0765. The van der Waals surface area contributed by atoms with Gasteiger partial charge in [0.1, 0.15) is 0 Å². The average molecular weight is 440 g/mol. The average Bonchev–Trinajstić information content (AvgIpc) is 2.88. The number of amidine groups is 1. The summed E-state index contributed by atoms with van der Waals surface area (Å²) in [6.45, 7) is 4.72. The van der Waals surface area contributed by atoms with Crippen molar-refractivity contribution in [1.82, 2.24) is 4.90 Å². The molecule has 3 rings (SSSR count). The van der Waals surface area contributed by atoms with Crippen LogP contribution in [0.15, 0.2) is 52.4 Å². The van der Waals surface area contributed by atoms with Crippen molar-refractivity contribution in [3.05, 3.63) is 68.0 Å². The zero-order valence-corrected chi connectivity index (χ0v) is 17.8. The Balaban J connectivity index is 1.97. The second kappa shape index (κ2) is 8.70. The Hall–Kier alpha value is -1.46. The van der Waals surface area contributed by atoms with Crippen LogP contribution in [0.5, 0.6) is 0 Å². The van der Waals surface area contributed by atoms with E-state index in [-0.39, 0.29) is 5.91 Å². The van der Waals surface area contributed by atoms with Gasteiger partial charge >= 0.3 is 0 Å². The highest BCUT2D eigenvalue weighted by molar-refractivity contribution is 8.18. The summed E-state index contributed by atoms with van der Waals surface area (Å²) in [7, 11) is 0. The molecule has 1 amide bonds. The topological polar surface area (TPSA) is 32.7 Å². The van der Waals surface area contributed by atoms with E-state index in [9.17, 15) is 4.79 Å². The van der Waals surface area contributed by atoms with Crippen LogP contribution < -0.4 is 0 Å². The second-order valence-electron chi connectivity index (χ2n) is 6.46. The highest BCUT2D eigenvalue weighted by Crippen LogP contribution is 2.36. The summed E-state index contributed by atoms with van der Waals surface area (Å²) in [5.74, 6) is 0.232.